The molecule has 0 amide bonds. The quantitative estimate of drug-likeness (QED) is 0.722. The van der Waals surface area contributed by atoms with Crippen molar-refractivity contribution in [3.8, 4) is 0 Å². The number of fused-ring (bicyclic) bond motifs is 1. The highest BCUT2D eigenvalue weighted by atomic mass is 16.5. The number of carbonyl (C=O) groups is 1. The summed E-state index contributed by atoms with van der Waals surface area (Å²) in [5.74, 6) is -0.827. The number of carboxylic acids is 1. The van der Waals surface area contributed by atoms with Gasteiger partial charge in [-0.1, -0.05) is 37.6 Å². The molecule has 0 heterocycles. The van der Waals surface area contributed by atoms with Gasteiger partial charge < -0.3 is 14.9 Å². The van der Waals surface area contributed by atoms with Crippen LogP contribution in [0.15, 0.2) is 24.3 Å². The van der Waals surface area contributed by atoms with E-state index in [0.29, 0.717) is 19.4 Å². The van der Waals surface area contributed by atoms with Gasteiger partial charge in [-0.3, -0.25) is 4.79 Å². The molecule has 1 aromatic carbocycles. The van der Waals surface area contributed by atoms with Gasteiger partial charge in [0.1, 0.15) is 0 Å². The van der Waals surface area contributed by atoms with Crippen molar-refractivity contribution in [1.82, 2.24) is 0 Å². The van der Waals surface area contributed by atoms with Crippen LogP contribution in [0, 0.1) is 5.41 Å². The van der Waals surface area contributed by atoms with Crippen LogP contribution in [0.2, 0.25) is 0 Å². The summed E-state index contributed by atoms with van der Waals surface area (Å²) in [6, 6.07) is 7.82. The molecule has 0 bridgehead atoms. The number of benzene rings is 1. The lowest BCUT2D eigenvalue weighted by molar-refractivity contribution is -0.151. The molecule has 2 N–H and O–H groups in total. The second kappa shape index (κ2) is 7.05. The monoisotopic (exact) mass is 292 g/mol. The van der Waals surface area contributed by atoms with Crippen LogP contribution >= 0.6 is 0 Å². The Kier molecular flexibility index (Phi) is 5.37. The van der Waals surface area contributed by atoms with E-state index in [9.17, 15) is 15.0 Å². The van der Waals surface area contributed by atoms with Gasteiger partial charge in [0.15, 0.2) is 0 Å². The number of rotatable bonds is 8. The Morgan fingerprint density at radius 3 is 2.48 bits per heavy atom. The molecular weight excluding hydrogens is 268 g/mol. The summed E-state index contributed by atoms with van der Waals surface area (Å²) < 4.78 is 5.41. The molecule has 0 saturated carbocycles. The number of ether oxygens (including phenoxy) is 1. The third kappa shape index (κ3) is 3.83. The van der Waals surface area contributed by atoms with Gasteiger partial charge in [-0.25, -0.2) is 0 Å². The molecule has 1 aliphatic carbocycles. The summed E-state index contributed by atoms with van der Waals surface area (Å²) in [6.45, 7) is 2.91. The van der Waals surface area contributed by atoms with Crippen molar-refractivity contribution in [3.63, 3.8) is 0 Å². The average molecular weight is 292 g/mol. The van der Waals surface area contributed by atoms with E-state index in [1.54, 1.807) is 0 Å². The van der Waals surface area contributed by atoms with Crippen molar-refractivity contribution in [2.24, 2.45) is 5.41 Å². The molecule has 0 saturated heterocycles. The fraction of sp³-hybridized carbons (Fsp3) is 0.588. The highest BCUT2D eigenvalue weighted by molar-refractivity contribution is 5.77. The Morgan fingerprint density at radius 2 is 1.95 bits per heavy atom. The van der Waals surface area contributed by atoms with Crippen molar-refractivity contribution in [3.05, 3.63) is 35.4 Å². The molecule has 0 aliphatic heterocycles. The van der Waals surface area contributed by atoms with Crippen LogP contribution in [0.5, 0.6) is 0 Å². The zero-order valence-corrected chi connectivity index (χ0v) is 12.5. The Bertz CT molecular complexity index is 458. The van der Waals surface area contributed by atoms with Crippen LogP contribution in [0.3, 0.4) is 0 Å². The molecule has 0 radical (unpaired) electrons. The minimum absolute atomic E-state index is 0.214. The molecule has 4 heteroatoms. The lowest BCUT2D eigenvalue weighted by Gasteiger charge is -2.26. The topological polar surface area (TPSA) is 66.8 Å². The molecule has 0 aromatic heterocycles. The van der Waals surface area contributed by atoms with Gasteiger partial charge >= 0.3 is 5.97 Å². The Balaban J connectivity index is 1.97. The third-order valence-electron chi connectivity index (χ3n) is 4.21. The summed E-state index contributed by atoms with van der Waals surface area (Å²) in [6.07, 6.45) is 2.50. The van der Waals surface area contributed by atoms with E-state index in [1.807, 2.05) is 24.3 Å². The van der Waals surface area contributed by atoms with E-state index in [2.05, 4.69) is 6.92 Å². The maximum atomic E-state index is 11.8. The largest absolute Gasteiger partial charge is 0.481 e. The maximum absolute atomic E-state index is 11.8. The summed E-state index contributed by atoms with van der Waals surface area (Å²) in [7, 11) is 0. The Labute approximate surface area is 125 Å². The van der Waals surface area contributed by atoms with Crippen LogP contribution in [0.25, 0.3) is 0 Å². The van der Waals surface area contributed by atoms with Gasteiger partial charge in [0.2, 0.25) is 0 Å². The van der Waals surface area contributed by atoms with E-state index in [-0.39, 0.29) is 13.0 Å². The first kappa shape index (κ1) is 16.0. The number of aliphatic hydroxyl groups is 1. The molecule has 2 rings (SSSR count). The fourth-order valence-corrected chi connectivity index (χ4v) is 3.05. The van der Waals surface area contributed by atoms with Gasteiger partial charge in [-0.2, -0.15) is 0 Å². The van der Waals surface area contributed by atoms with Crippen molar-refractivity contribution < 1.29 is 19.7 Å². The highest BCUT2D eigenvalue weighted by Crippen LogP contribution is 2.40. The normalized spacial score (nSPS) is 17.4. The first-order chi connectivity index (χ1) is 10.1. The predicted octanol–water partition coefficient (Wildman–Crippen LogP) is 2.42. The second-order valence-electron chi connectivity index (χ2n) is 5.99. The Morgan fingerprint density at radius 1 is 1.33 bits per heavy atom. The second-order valence-corrected chi connectivity index (χ2v) is 5.99. The molecule has 1 atom stereocenters. The Hall–Kier alpha value is -1.39. The predicted molar refractivity (Wildman–Crippen MR) is 80.3 cm³/mol. The van der Waals surface area contributed by atoms with Crippen LogP contribution in [0.4, 0.5) is 0 Å². The number of hydrogen-bond acceptors (Lipinski definition) is 3. The number of unbranched alkanes of at least 4 members (excludes halogenated alkanes) is 1. The van der Waals surface area contributed by atoms with Crippen LogP contribution in [-0.2, 0) is 22.4 Å². The zero-order chi connectivity index (χ0) is 15.3. The minimum atomic E-state index is -0.892. The standard InChI is InChI=1S/C17H24O4/c1-2-3-8-21-12-15(18)11-17(16(19)20)9-13-6-4-5-7-14(13)10-17/h4-7,15,18H,2-3,8-12H2,1H3,(H,19,20). The van der Waals surface area contributed by atoms with Gasteiger partial charge in [0, 0.05) is 6.61 Å². The first-order valence-corrected chi connectivity index (χ1v) is 7.63. The lowest BCUT2D eigenvalue weighted by atomic mass is 9.79. The van der Waals surface area contributed by atoms with E-state index in [1.165, 1.54) is 0 Å². The third-order valence-corrected chi connectivity index (χ3v) is 4.21. The number of aliphatic carboxylic acids is 1. The maximum Gasteiger partial charge on any atom is 0.310 e. The van der Waals surface area contributed by atoms with E-state index >= 15 is 0 Å². The van der Waals surface area contributed by atoms with Crippen LogP contribution in [-0.4, -0.2) is 35.5 Å². The molecule has 0 fully saturated rings. The minimum Gasteiger partial charge on any atom is -0.481 e. The van der Waals surface area contributed by atoms with Gasteiger partial charge in [-0.15, -0.1) is 0 Å². The molecule has 116 valence electrons. The molecular formula is C17H24O4. The molecule has 1 unspecified atom stereocenters. The number of aliphatic hydroxyl groups excluding tert-OH is 1. The first-order valence-electron chi connectivity index (χ1n) is 7.63. The van der Waals surface area contributed by atoms with Crippen molar-refractivity contribution in [2.75, 3.05) is 13.2 Å². The zero-order valence-electron chi connectivity index (χ0n) is 12.5. The molecule has 1 aliphatic rings. The molecule has 4 nitrogen and oxygen atoms in total. The van der Waals surface area contributed by atoms with Gasteiger partial charge in [0.25, 0.3) is 0 Å². The number of carboxylic acid groups (broad SMARTS) is 1. The van der Waals surface area contributed by atoms with Crippen LogP contribution in [0.1, 0.15) is 37.3 Å². The van der Waals surface area contributed by atoms with Crippen molar-refractivity contribution in [1.29, 1.82) is 0 Å². The lowest BCUT2D eigenvalue weighted by Crippen LogP contribution is -2.37. The fourth-order valence-electron chi connectivity index (χ4n) is 3.05. The average Bonchev–Trinajstić information content (AvgIpc) is 2.83. The van der Waals surface area contributed by atoms with Gasteiger partial charge in [-0.05, 0) is 36.8 Å². The molecule has 0 spiro atoms. The summed E-state index contributed by atoms with van der Waals surface area (Å²) in [5, 5.41) is 19.8. The van der Waals surface area contributed by atoms with Crippen molar-refractivity contribution in [2.45, 2.75) is 45.1 Å². The molecule has 21 heavy (non-hydrogen) atoms. The summed E-state index contributed by atoms with van der Waals surface area (Å²) in [5.41, 5.74) is 1.27. The number of hydrogen-bond donors (Lipinski definition) is 2. The van der Waals surface area contributed by atoms with E-state index < -0.39 is 17.5 Å². The SMILES string of the molecule is CCCCOCC(O)CC1(C(=O)O)Cc2ccccc2C1. The van der Waals surface area contributed by atoms with Gasteiger partial charge in [0.05, 0.1) is 18.1 Å². The van der Waals surface area contributed by atoms with E-state index in [4.69, 9.17) is 4.74 Å². The molecule has 1 aromatic rings. The van der Waals surface area contributed by atoms with E-state index in [0.717, 1.165) is 24.0 Å². The van der Waals surface area contributed by atoms with Crippen molar-refractivity contribution >= 4 is 5.97 Å². The summed E-state index contributed by atoms with van der Waals surface area (Å²) >= 11 is 0. The van der Waals surface area contributed by atoms with Crippen LogP contribution < -0.4 is 0 Å². The summed E-state index contributed by atoms with van der Waals surface area (Å²) in [4.78, 5) is 11.8. The highest BCUT2D eigenvalue weighted by Gasteiger charge is 2.45. The smallest absolute Gasteiger partial charge is 0.310 e.